The smallest absolute Gasteiger partial charge is 0 e. The van der Waals surface area contributed by atoms with Crippen LogP contribution < -0.4 is 0 Å². The molecule has 5 heavy (non-hydrogen) atoms. The van der Waals surface area contributed by atoms with Crippen LogP contribution in [0.4, 0.5) is 0 Å². The summed E-state index contributed by atoms with van der Waals surface area (Å²) in [6.45, 7) is 0. The maximum Gasteiger partial charge on any atom is 0 e. The SMILES string of the molecule is O=[Se](O)O.[Pb]. The van der Waals surface area contributed by atoms with E-state index in [0.717, 1.165) is 0 Å². The predicted molar refractivity (Wildman–Crippen MR) is 16.6 cm³/mol. The summed E-state index contributed by atoms with van der Waals surface area (Å²) >= 11 is -3.29. The fourth-order valence-corrected chi connectivity index (χ4v) is 0. The Morgan fingerprint density at radius 1 is 1.40 bits per heavy atom. The van der Waals surface area contributed by atoms with Crippen molar-refractivity contribution in [2.45, 2.75) is 0 Å². The molecule has 0 spiro atoms. The van der Waals surface area contributed by atoms with Crippen LogP contribution in [0.15, 0.2) is 0 Å². The molecule has 0 aromatic heterocycles. The van der Waals surface area contributed by atoms with Crippen molar-refractivity contribution in [1.29, 1.82) is 0 Å². The van der Waals surface area contributed by atoms with Crippen LogP contribution in [0.3, 0.4) is 0 Å². The van der Waals surface area contributed by atoms with Crippen molar-refractivity contribution < 1.29 is 12.2 Å². The van der Waals surface area contributed by atoms with E-state index < -0.39 is 14.5 Å². The second-order valence-electron chi connectivity index (χ2n) is 0.231. The summed E-state index contributed by atoms with van der Waals surface area (Å²) in [4.78, 5) is 0. The fraction of sp³-hybridized carbons (Fsp3) is 0. The third kappa shape index (κ3) is 38.2. The topological polar surface area (TPSA) is 57.5 Å². The molecular weight excluding hydrogens is 334 g/mol. The average molecular weight is 336 g/mol. The second-order valence-corrected chi connectivity index (χ2v) is 1.20. The third-order valence-electron chi connectivity index (χ3n) is 0. The van der Waals surface area contributed by atoms with Crippen LogP contribution in [0.2, 0.25) is 0 Å². The van der Waals surface area contributed by atoms with Gasteiger partial charge in [0.15, 0.2) is 0 Å². The van der Waals surface area contributed by atoms with E-state index in [4.69, 9.17) is 12.2 Å². The number of rotatable bonds is 0. The molecule has 0 saturated carbocycles. The van der Waals surface area contributed by atoms with Gasteiger partial charge in [-0.25, -0.2) is 0 Å². The molecule has 3 nitrogen and oxygen atoms in total. The van der Waals surface area contributed by atoms with Gasteiger partial charge in [-0.15, -0.1) is 0 Å². The Kier molecular flexibility index (Phi) is 9.78. The van der Waals surface area contributed by atoms with Crippen LogP contribution in [-0.4, -0.2) is 50.2 Å². The normalized spacial score (nSPS) is 7.00. The molecule has 4 radical (unpaired) electrons. The molecule has 0 fully saturated rings. The van der Waals surface area contributed by atoms with Crippen LogP contribution >= 0.6 is 0 Å². The van der Waals surface area contributed by atoms with Crippen LogP contribution in [0.1, 0.15) is 0 Å². The predicted octanol–water partition coefficient (Wildman–Crippen LogP) is -1.99. The zero-order valence-electron chi connectivity index (χ0n) is 2.21. The molecule has 0 atom stereocenters. The first-order chi connectivity index (χ1) is 1.73. The molecule has 0 aliphatic heterocycles. The van der Waals surface area contributed by atoms with Gasteiger partial charge in [-0.2, -0.15) is 0 Å². The first-order valence-corrected chi connectivity index (χ1v) is 2.76. The molecule has 0 aliphatic rings. The zero-order chi connectivity index (χ0) is 3.58. The minimum Gasteiger partial charge on any atom is 0 e. The molecule has 0 aliphatic carbocycles. The average Bonchev–Trinajstić information content (AvgIpc) is 0.811. The molecular formula is H2O3PbSe. The Bertz CT molecular complexity index is 29.9. The molecule has 0 unspecified atom stereocenters. The standard InChI is InChI=1S/H2O3Se.Pb/c1-4(2)3;/h(H2,1,2,3);. The van der Waals surface area contributed by atoms with Gasteiger partial charge in [0.25, 0.3) is 0 Å². The number of hydrogen-bond donors (Lipinski definition) is 2. The van der Waals surface area contributed by atoms with Gasteiger partial charge < -0.3 is 0 Å². The maximum atomic E-state index is 8.76. The molecule has 0 bridgehead atoms. The molecule has 0 aromatic carbocycles. The molecule has 0 aromatic rings. The fourth-order valence-electron chi connectivity index (χ4n) is 0. The summed E-state index contributed by atoms with van der Waals surface area (Å²) < 4.78 is 23.1. The Morgan fingerprint density at radius 2 is 1.40 bits per heavy atom. The van der Waals surface area contributed by atoms with Crippen molar-refractivity contribution in [3.8, 4) is 0 Å². The first kappa shape index (κ1) is 9.48. The maximum absolute atomic E-state index is 8.76. The molecule has 0 amide bonds. The molecule has 30 valence electrons. The van der Waals surface area contributed by atoms with E-state index in [1.165, 1.54) is 0 Å². The van der Waals surface area contributed by atoms with Gasteiger partial charge in [-0.05, 0) is 0 Å². The van der Waals surface area contributed by atoms with Gasteiger partial charge in [-0.1, -0.05) is 0 Å². The van der Waals surface area contributed by atoms with Crippen molar-refractivity contribution in [1.82, 2.24) is 0 Å². The van der Waals surface area contributed by atoms with Crippen LogP contribution in [0, 0.1) is 0 Å². The monoisotopic (exact) mass is 338 g/mol. The van der Waals surface area contributed by atoms with Gasteiger partial charge in [0.2, 0.25) is 0 Å². The molecule has 0 saturated heterocycles. The summed E-state index contributed by atoms with van der Waals surface area (Å²) in [6, 6.07) is 0. The van der Waals surface area contributed by atoms with E-state index in [-0.39, 0.29) is 27.3 Å². The largest absolute Gasteiger partial charge is 0 e. The minimum absolute atomic E-state index is 0. The van der Waals surface area contributed by atoms with Crippen LogP contribution in [0.5, 0.6) is 0 Å². The van der Waals surface area contributed by atoms with Crippen LogP contribution in [0.25, 0.3) is 0 Å². The Morgan fingerprint density at radius 3 is 1.40 bits per heavy atom. The first-order valence-electron chi connectivity index (χ1n) is 0.532. The van der Waals surface area contributed by atoms with E-state index in [0.29, 0.717) is 0 Å². The summed E-state index contributed by atoms with van der Waals surface area (Å²) in [7, 11) is 0. The van der Waals surface area contributed by atoms with E-state index in [1.807, 2.05) is 0 Å². The third-order valence-corrected chi connectivity index (χ3v) is 0. The minimum atomic E-state index is -3.29. The van der Waals surface area contributed by atoms with Crippen molar-refractivity contribution in [2.24, 2.45) is 0 Å². The molecule has 5 heteroatoms. The van der Waals surface area contributed by atoms with Gasteiger partial charge in [0.1, 0.15) is 0 Å². The van der Waals surface area contributed by atoms with E-state index in [2.05, 4.69) is 0 Å². The van der Waals surface area contributed by atoms with Gasteiger partial charge in [-0.3, -0.25) is 0 Å². The van der Waals surface area contributed by atoms with Crippen molar-refractivity contribution in [2.75, 3.05) is 0 Å². The quantitative estimate of drug-likeness (QED) is 0.504. The van der Waals surface area contributed by atoms with E-state index in [1.54, 1.807) is 0 Å². The van der Waals surface area contributed by atoms with Gasteiger partial charge in [0.05, 0.1) is 0 Å². The summed E-state index contributed by atoms with van der Waals surface area (Å²) in [5, 5.41) is 0. The van der Waals surface area contributed by atoms with Crippen LogP contribution in [-0.2, 0) is 3.83 Å². The zero-order valence-corrected chi connectivity index (χ0v) is 7.81. The van der Waals surface area contributed by atoms with Crippen molar-refractivity contribution in [3.63, 3.8) is 0 Å². The molecule has 0 heterocycles. The van der Waals surface area contributed by atoms with Gasteiger partial charge >= 0.3 is 26.7 Å². The van der Waals surface area contributed by atoms with Crippen molar-refractivity contribution >= 4 is 41.8 Å². The Labute approximate surface area is 53.9 Å². The summed E-state index contributed by atoms with van der Waals surface area (Å²) in [5.74, 6) is 0. The molecule has 0 rings (SSSR count). The van der Waals surface area contributed by atoms with E-state index >= 15 is 0 Å². The summed E-state index contributed by atoms with van der Waals surface area (Å²) in [5.41, 5.74) is 0. The van der Waals surface area contributed by atoms with Crippen molar-refractivity contribution in [3.05, 3.63) is 0 Å². The Balaban J connectivity index is 0. The van der Waals surface area contributed by atoms with E-state index in [9.17, 15) is 0 Å². The number of hydrogen-bond acceptors (Lipinski definition) is 1. The second kappa shape index (κ2) is 5.16. The molecule has 2 N–H and O–H groups in total. The summed E-state index contributed by atoms with van der Waals surface area (Å²) in [6.07, 6.45) is 0. The van der Waals surface area contributed by atoms with Gasteiger partial charge in [0, 0.05) is 27.3 Å². The Hall–Kier alpha value is 1.16.